The molecule has 0 aliphatic heterocycles. The SMILES string of the molecule is CCC[C@@H](O)c1cc(Cl)ccc1OC. The molecule has 0 fully saturated rings. The van der Waals surface area contributed by atoms with Gasteiger partial charge in [-0.1, -0.05) is 24.9 Å². The van der Waals surface area contributed by atoms with Crippen molar-refractivity contribution >= 4 is 11.6 Å². The number of hydrogen-bond acceptors (Lipinski definition) is 2. The van der Waals surface area contributed by atoms with Gasteiger partial charge in [-0.25, -0.2) is 0 Å². The number of ether oxygens (including phenoxy) is 1. The molecule has 1 aromatic carbocycles. The van der Waals surface area contributed by atoms with E-state index in [1.54, 1.807) is 25.3 Å². The molecule has 3 heteroatoms. The van der Waals surface area contributed by atoms with Crippen molar-refractivity contribution in [3.63, 3.8) is 0 Å². The Morgan fingerprint density at radius 1 is 1.50 bits per heavy atom. The minimum Gasteiger partial charge on any atom is -0.496 e. The summed E-state index contributed by atoms with van der Waals surface area (Å²) in [5.74, 6) is 0.690. The van der Waals surface area contributed by atoms with Crippen molar-refractivity contribution in [2.24, 2.45) is 0 Å². The first-order valence-corrected chi connectivity index (χ1v) is 5.08. The van der Waals surface area contributed by atoms with Gasteiger partial charge in [0.25, 0.3) is 0 Å². The van der Waals surface area contributed by atoms with Crippen molar-refractivity contribution in [2.75, 3.05) is 7.11 Å². The fourth-order valence-electron chi connectivity index (χ4n) is 1.39. The van der Waals surface area contributed by atoms with Crippen LogP contribution >= 0.6 is 11.6 Å². The molecule has 1 rings (SSSR count). The minimum atomic E-state index is -0.492. The summed E-state index contributed by atoms with van der Waals surface area (Å²) in [6.45, 7) is 2.03. The van der Waals surface area contributed by atoms with Gasteiger partial charge >= 0.3 is 0 Å². The molecule has 1 aromatic rings. The molecule has 0 spiro atoms. The summed E-state index contributed by atoms with van der Waals surface area (Å²) in [6.07, 6.45) is 1.15. The second kappa shape index (κ2) is 5.23. The Hall–Kier alpha value is -0.730. The van der Waals surface area contributed by atoms with Gasteiger partial charge < -0.3 is 9.84 Å². The van der Waals surface area contributed by atoms with E-state index in [0.717, 1.165) is 18.4 Å². The minimum absolute atomic E-state index is 0.492. The predicted molar refractivity (Wildman–Crippen MR) is 57.9 cm³/mol. The fourth-order valence-corrected chi connectivity index (χ4v) is 1.58. The summed E-state index contributed by atoms with van der Waals surface area (Å²) >= 11 is 5.85. The molecule has 0 aromatic heterocycles. The van der Waals surface area contributed by atoms with E-state index in [1.807, 2.05) is 6.92 Å². The molecule has 1 atom stereocenters. The second-order valence-corrected chi connectivity index (χ2v) is 3.63. The lowest BCUT2D eigenvalue weighted by atomic mass is 10.0. The predicted octanol–water partition coefficient (Wildman–Crippen LogP) is 3.18. The lowest BCUT2D eigenvalue weighted by molar-refractivity contribution is 0.162. The van der Waals surface area contributed by atoms with Gasteiger partial charge in [-0.2, -0.15) is 0 Å². The van der Waals surface area contributed by atoms with Crippen LogP contribution in [0.4, 0.5) is 0 Å². The summed E-state index contributed by atoms with van der Waals surface area (Å²) < 4.78 is 5.15. The molecule has 0 unspecified atom stereocenters. The first-order chi connectivity index (χ1) is 6.69. The molecule has 0 saturated heterocycles. The van der Waals surface area contributed by atoms with Crippen LogP contribution in [-0.4, -0.2) is 12.2 Å². The van der Waals surface area contributed by atoms with E-state index in [1.165, 1.54) is 0 Å². The Bertz CT molecular complexity index is 299. The molecule has 0 radical (unpaired) electrons. The van der Waals surface area contributed by atoms with Gasteiger partial charge in [-0.05, 0) is 24.6 Å². The first kappa shape index (κ1) is 11.3. The average Bonchev–Trinajstić information content (AvgIpc) is 2.18. The zero-order chi connectivity index (χ0) is 10.6. The van der Waals surface area contributed by atoms with Crippen molar-refractivity contribution in [1.29, 1.82) is 0 Å². The summed E-state index contributed by atoms with van der Waals surface area (Å²) in [5.41, 5.74) is 0.766. The number of aliphatic hydroxyl groups is 1. The van der Waals surface area contributed by atoms with Gasteiger partial charge in [0.2, 0.25) is 0 Å². The van der Waals surface area contributed by atoms with Crippen molar-refractivity contribution in [2.45, 2.75) is 25.9 Å². The number of methoxy groups -OCH3 is 1. The molecule has 14 heavy (non-hydrogen) atoms. The van der Waals surface area contributed by atoms with Gasteiger partial charge in [-0.3, -0.25) is 0 Å². The second-order valence-electron chi connectivity index (χ2n) is 3.19. The molecule has 0 aliphatic rings. The number of halogens is 1. The largest absolute Gasteiger partial charge is 0.496 e. The molecule has 1 N–H and O–H groups in total. The molecule has 0 saturated carbocycles. The average molecular weight is 215 g/mol. The molecular formula is C11H15ClO2. The third-order valence-electron chi connectivity index (χ3n) is 2.11. The highest BCUT2D eigenvalue weighted by molar-refractivity contribution is 6.30. The summed E-state index contributed by atoms with van der Waals surface area (Å²) in [4.78, 5) is 0. The first-order valence-electron chi connectivity index (χ1n) is 4.70. The van der Waals surface area contributed by atoms with Crippen LogP contribution in [0.3, 0.4) is 0 Å². The van der Waals surface area contributed by atoms with Crippen molar-refractivity contribution < 1.29 is 9.84 Å². The van der Waals surface area contributed by atoms with Gasteiger partial charge in [0, 0.05) is 10.6 Å². The molecule has 0 heterocycles. The standard InChI is InChI=1S/C11H15ClO2/c1-3-4-10(13)9-7-8(12)5-6-11(9)14-2/h5-7,10,13H,3-4H2,1-2H3/t10-/m1/s1. The number of aliphatic hydroxyl groups excluding tert-OH is 1. The fraction of sp³-hybridized carbons (Fsp3) is 0.455. The van der Waals surface area contributed by atoms with Crippen LogP contribution < -0.4 is 4.74 Å². The van der Waals surface area contributed by atoms with Crippen molar-refractivity contribution in [1.82, 2.24) is 0 Å². The van der Waals surface area contributed by atoms with Crippen LogP contribution in [0, 0.1) is 0 Å². The van der Waals surface area contributed by atoms with E-state index in [9.17, 15) is 5.11 Å². The number of benzene rings is 1. The molecule has 0 bridgehead atoms. The monoisotopic (exact) mass is 214 g/mol. The van der Waals surface area contributed by atoms with E-state index in [0.29, 0.717) is 10.8 Å². The van der Waals surface area contributed by atoms with Crippen molar-refractivity contribution in [3.05, 3.63) is 28.8 Å². The third-order valence-corrected chi connectivity index (χ3v) is 2.35. The summed E-state index contributed by atoms with van der Waals surface area (Å²) in [7, 11) is 1.59. The molecule has 0 aliphatic carbocycles. The maximum absolute atomic E-state index is 9.82. The van der Waals surface area contributed by atoms with E-state index in [2.05, 4.69) is 0 Å². The lowest BCUT2D eigenvalue weighted by Gasteiger charge is -2.14. The highest BCUT2D eigenvalue weighted by Gasteiger charge is 2.12. The number of rotatable bonds is 4. The van der Waals surface area contributed by atoms with Gasteiger partial charge in [-0.15, -0.1) is 0 Å². The van der Waals surface area contributed by atoms with Gasteiger partial charge in [0.1, 0.15) is 5.75 Å². The van der Waals surface area contributed by atoms with Gasteiger partial charge in [0.15, 0.2) is 0 Å². The topological polar surface area (TPSA) is 29.5 Å². The maximum atomic E-state index is 9.82. The Labute approximate surface area is 89.5 Å². The Balaban J connectivity index is 2.97. The smallest absolute Gasteiger partial charge is 0.124 e. The summed E-state index contributed by atoms with van der Waals surface area (Å²) in [5, 5.41) is 10.4. The molecular weight excluding hydrogens is 200 g/mol. The zero-order valence-electron chi connectivity index (χ0n) is 8.46. The molecule has 0 amide bonds. The molecule has 78 valence electrons. The van der Waals surface area contributed by atoms with Crippen LogP contribution in [0.2, 0.25) is 5.02 Å². The third kappa shape index (κ3) is 2.63. The Kier molecular flexibility index (Phi) is 4.23. The van der Waals surface area contributed by atoms with Crippen LogP contribution in [0.1, 0.15) is 31.4 Å². The van der Waals surface area contributed by atoms with E-state index in [4.69, 9.17) is 16.3 Å². The lowest BCUT2D eigenvalue weighted by Crippen LogP contribution is -2.00. The van der Waals surface area contributed by atoms with E-state index in [-0.39, 0.29) is 0 Å². The quantitative estimate of drug-likeness (QED) is 0.834. The maximum Gasteiger partial charge on any atom is 0.124 e. The zero-order valence-corrected chi connectivity index (χ0v) is 9.21. The van der Waals surface area contributed by atoms with Crippen LogP contribution in [0.5, 0.6) is 5.75 Å². The van der Waals surface area contributed by atoms with Crippen LogP contribution in [-0.2, 0) is 0 Å². The molecule has 2 nitrogen and oxygen atoms in total. The van der Waals surface area contributed by atoms with E-state index >= 15 is 0 Å². The Morgan fingerprint density at radius 3 is 2.79 bits per heavy atom. The number of hydrogen-bond donors (Lipinski definition) is 1. The normalized spacial score (nSPS) is 12.6. The van der Waals surface area contributed by atoms with Crippen LogP contribution in [0.15, 0.2) is 18.2 Å². The summed E-state index contributed by atoms with van der Waals surface area (Å²) in [6, 6.07) is 5.28. The van der Waals surface area contributed by atoms with Crippen molar-refractivity contribution in [3.8, 4) is 5.75 Å². The van der Waals surface area contributed by atoms with E-state index < -0.39 is 6.10 Å². The Morgan fingerprint density at radius 2 is 2.21 bits per heavy atom. The van der Waals surface area contributed by atoms with Gasteiger partial charge in [0.05, 0.1) is 13.2 Å². The highest BCUT2D eigenvalue weighted by atomic mass is 35.5. The van der Waals surface area contributed by atoms with Crippen LogP contribution in [0.25, 0.3) is 0 Å². The highest BCUT2D eigenvalue weighted by Crippen LogP contribution is 2.30.